The summed E-state index contributed by atoms with van der Waals surface area (Å²) in [4.78, 5) is 37.2. The van der Waals surface area contributed by atoms with Crippen LogP contribution in [0.2, 0.25) is 0 Å². The highest BCUT2D eigenvalue weighted by atomic mass is 19.2. The smallest absolute Gasteiger partial charge is 0.317 e. The van der Waals surface area contributed by atoms with E-state index in [0.29, 0.717) is 62.6 Å². The number of hydrogen-bond donors (Lipinski definition) is 2. The Morgan fingerprint density at radius 2 is 1.90 bits per heavy atom. The molecule has 2 fully saturated rings. The van der Waals surface area contributed by atoms with Gasteiger partial charge in [0.2, 0.25) is 5.91 Å². The van der Waals surface area contributed by atoms with Crippen molar-refractivity contribution in [2.45, 2.75) is 68.9 Å². The molecule has 1 saturated carbocycles. The molecule has 5 heterocycles. The molecule has 7 rings (SSSR count). The number of carbonyl (C=O) groups excluding carboxylic acids is 2. The van der Waals surface area contributed by atoms with Gasteiger partial charge in [0.25, 0.3) is 0 Å². The van der Waals surface area contributed by atoms with Gasteiger partial charge >= 0.3 is 6.03 Å². The first kappa shape index (κ1) is 25.2. The number of imidazole rings is 1. The maximum Gasteiger partial charge on any atom is 0.317 e. The average molecular weight is 547 g/mol. The van der Waals surface area contributed by atoms with Crippen molar-refractivity contribution in [3.05, 3.63) is 77.0 Å². The molecule has 0 unspecified atom stereocenters. The van der Waals surface area contributed by atoms with Gasteiger partial charge in [-0.15, -0.1) is 0 Å². The summed E-state index contributed by atoms with van der Waals surface area (Å²) in [6.07, 6.45) is 9.03. The molecule has 10 heteroatoms. The molecule has 40 heavy (non-hydrogen) atoms. The van der Waals surface area contributed by atoms with Gasteiger partial charge < -0.3 is 20.1 Å². The number of aromatic nitrogens is 3. The summed E-state index contributed by atoms with van der Waals surface area (Å²) in [5.74, 6) is 0.103. The van der Waals surface area contributed by atoms with E-state index >= 15 is 0 Å². The molecule has 0 bridgehead atoms. The Morgan fingerprint density at radius 3 is 2.70 bits per heavy atom. The van der Waals surface area contributed by atoms with E-state index in [1.165, 1.54) is 12.8 Å². The number of halogens is 2. The minimum Gasteiger partial charge on any atom is -0.330 e. The van der Waals surface area contributed by atoms with E-state index in [9.17, 15) is 18.4 Å². The van der Waals surface area contributed by atoms with E-state index in [0.717, 1.165) is 29.6 Å². The summed E-state index contributed by atoms with van der Waals surface area (Å²) in [7, 11) is 0. The van der Waals surface area contributed by atoms with Gasteiger partial charge in [-0.1, -0.05) is 18.2 Å². The van der Waals surface area contributed by atoms with Crippen LogP contribution in [0.15, 0.2) is 42.7 Å². The highest BCUT2D eigenvalue weighted by Crippen LogP contribution is 2.44. The van der Waals surface area contributed by atoms with E-state index < -0.39 is 17.0 Å². The van der Waals surface area contributed by atoms with Crippen LogP contribution in [-0.4, -0.2) is 44.5 Å². The molecule has 3 aliphatic heterocycles. The summed E-state index contributed by atoms with van der Waals surface area (Å²) in [6.45, 7) is 1.39. The first-order chi connectivity index (χ1) is 19.4. The first-order valence-electron chi connectivity index (χ1n) is 14.2. The van der Waals surface area contributed by atoms with E-state index in [1.54, 1.807) is 23.2 Å². The van der Waals surface area contributed by atoms with Crippen molar-refractivity contribution in [2.75, 3.05) is 18.4 Å². The number of rotatable bonds is 4. The predicted octanol–water partition coefficient (Wildman–Crippen LogP) is 4.82. The Kier molecular flexibility index (Phi) is 6.09. The highest BCUT2D eigenvalue weighted by molar-refractivity contribution is 6.05. The van der Waals surface area contributed by atoms with Crippen LogP contribution in [0.5, 0.6) is 0 Å². The van der Waals surface area contributed by atoms with Crippen molar-refractivity contribution >= 4 is 17.8 Å². The van der Waals surface area contributed by atoms with Crippen molar-refractivity contribution in [1.29, 1.82) is 0 Å². The number of carbonyl (C=O) groups is 2. The van der Waals surface area contributed by atoms with Gasteiger partial charge in [0.05, 0.1) is 11.5 Å². The number of benzene rings is 1. The third-order valence-electron chi connectivity index (χ3n) is 9.30. The van der Waals surface area contributed by atoms with Crippen LogP contribution in [0.4, 0.5) is 19.4 Å². The van der Waals surface area contributed by atoms with Gasteiger partial charge in [0.15, 0.2) is 11.6 Å². The lowest BCUT2D eigenvalue weighted by molar-refractivity contribution is -0.122. The molecule has 2 aromatic heterocycles. The summed E-state index contributed by atoms with van der Waals surface area (Å²) in [5.41, 5.74) is 1.71. The van der Waals surface area contributed by atoms with Gasteiger partial charge in [-0.25, -0.2) is 23.5 Å². The number of anilines is 1. The Balaban J connectivity index is 1.10. The molecular formula is C30H32F2N6O2. The maximum absolute atomic E-state index is 14.8. The fourth-order valence-corrected chi connectivity index (χ4v) is 6.80. The van der Waals surface area contributed by atoms with Crippen LogP contribution < -0.4 is 10.6 Å². The fourth-order valence-electron chi connectivity index (χ4n) is 6.80. The number of nitrogens with zero attached hydrogens (tertiary/aromatic N) is 4. The normalized spacial score (nSPS) is 23.4. The van der Waals surface area contributed by atoms with Gasteiger partial charge in [-0.05, 0) is 68.6 Å². The van der Waals surface area contributed by atoms with E-state index in [2.05, 4.69) is 20.2 Å². The second kappa shape index (κ2) is 9.67. The lowest BCUT2D eigenvalue weighted by Crippen LogP contribution is -2.51. The molecule has 1 spiro atoms. The van der Waals surface area contributed by atoms with Crippen LogP contribution in [0.1, 0.15) is 73.1 Å². The average Bonchev–Trinajstić information content (AvgIpc) is 3.67. The molecule has 0 radical (unpaired) electrons. The third kappa shape index (κ3) is 4.24. The third-order valence-corrected chi connectivity index (χ3v) is 9.30. The van der Waals surface area contributed by atoms with Gasteiger partial charge in [-0.2, -0.15) is 0 Å². The zero-order chi connectivity index (χ0) is 27.4. The molecular weight excluding hydrogens is 514 g/mol. The molecule has 1 aliphatic carbocycles. The zero-order valence-electron chi connectivity index (χ0n) is 22.2. The summed E-state index contributed by atoms with van der Waals surface area (Å²) in [6, 6.07) is 7.60. The monoisotopic (exact) mass is 546 g/mol. The molecule has 8 nitrogen and oxygen atoms in total. The van der Waals surface area contributed by atoms with Crippen LogP contribution in [-0.2, 0) is 23.2 Å². The molecule has 2 N–H and O–H groups in total. The quantitative estimate of drug-likeness (QED) is 0.491. The molecule has 3 amide bonds. The minimum absolute atomic E-state index is 0.0501. The van der Waals surface area contributed by atoms with E-state index in [-0.39, 0.29) is 23.9 Å². The van der Waals surface area contributed by atoms with E-state index in [4.69, 9.17) is 4.98 Å². The lowest BCUT2D eigenvalue weighted by atomic mass is 9.74. The second-order valence-corrected chi connectivity index (χ2v) is 11.7. The summed E-state index contributed by atoms with van der Waals surface area (Å²) in [5, 5.41) is 6.10. The Morgan fingerprint density at radius 1 is 1.07 bits per heavy atom. The van der Waals surface area contributed by atoms with Crippen molar-refractivity contribution in [3.63, 3.8) is 0 Å². The van der Waals surface area contributed by atoms with Crippen molar-refractivity contribution in [3.8, 4) is 0 Å². The predicted molar refractivity (Wildman–Crippen MR) is 144 cm³/mol. The molecule has 1 aromatic carbocycles. The van der Waals surface area contributed by atoms with Crippen LogP contribution in [0, 0.1) is 17.6 Å². The summed E-state index contributed by atoms with van der Waals surface area (Å²) < 4.78 is 31.1. The molecule has 208 valence electrons. The molecule has 1 saturated heterocycles. The van der Waals surface area contributed by atoms with Gasteiger partial charge in [0.1, 0.15) is 11.6 Å². The van der Waals surface area contributed by atoms with Crippen molar-refractivity contribution in [2.24, 2.45) is 5.92 Å². The van der Waals surface area contributed by atoms with Crippen LogP contribution >= 0.6 is 0 Å². The molecule has 2 atom stereocenters. The number of likely N-dealkylation sites (tertiary alicyclic amines) is 1. The lowest BCUT2D eigenvalue weighted by Gasteiger charge is -2.38. The van der Waals surface area contributed by atoms with Crippen molar-refractivity contribution in [1.82, 2.24) is 24.8 Å². The standard InChI is InChI=1S/C30H32F2N6O2/c31-23-5-1-3-21(25(23)32)19-8-9-24(27-34-16-20(38(27)17-19)15-18-6-7-18)35-29(40)37-13-10-30(11-14-37)22-4-2-12-33-26(22)36-28(30)39/h1-5,12,16,18-19,24H,6-11,13-15,17H2,(H,35,40)(H,33,36,39)/t19-,24-/m1/s1. The minimum atomic E-state index is -0.840. The number of fused-ring (bicyclic) bond motifs is 3. The maximum atomic E-state index is 14.8. The molecule has 4 aliphatic rings. The number of amides is 3. The largest absolute Gasteiger partial charge is 0.330 e. The highest BCUT2D eigenvalue weighted by Gasteiger charge is 2.49. The van der Waals surface area contributed by atoms with E-state index in [1.807, 2.05) is 18.3 Å². The fraction of sp³-hybridized carbons (Fsp3) is 0.467. The number of hydrogen-bond acceptors (Lipinski definition) is 4. The van der Waals surface area contributed by atoms with Gasteiger partial charge in [-0.3, -0.25) is 4.79 Å². The molecule has 3 aromatic rings. The number of nitrogens with one attached hydrogen (secondary N) is 2. The number of urea groups is 1. The van der Waals surface area contributed by atoms with Crippen LogP contribution in [0.3, 0.4) is 0 Å². The Bertz CT molecular complexity index is 1480. The summed E-state index contributed by atoms with van der Waals surface area (Å²) >= 11 is 0. The van der Waals surface area contributed by atoms with Crippen LogP contribution in [0.25, 0.3) is 0 Å². The SMILES string of the molecule is O=C(N[C@@H]1CC[C@@H](c2cccc(F)c2F)Cn2c(CC3CC3)cnc21)N1CCC2(CC1)C(=O)Nc1ncccc12. The topological polar surface area (TPSA) is 92.2 Å². The van der Waals surface area contributed by atoms with Gasteiger partial charge in [0, 0.05) is 49.2 Å². The zero-order valence-corrected chi connectivity index (χ0v) is 22.2. The second-order valence-electron chi connectivity index (χ2n) is 11.7. The number of pyridine rings is 1. The Hall–Kier alpha value is -3.82. The number of piperidine rings is 1. The first-order valence-corrected chi connectivity index (χ1v) is 14.2. The van der Waals surface area contributed by atoms with Crippen molar-refractivity contribution < 1.29 is 18.4 Å². The Labute approximate surface area is 231 Å².